The number of rotatable bonds is 2. The lowest BCUT2D eigenvalue weighted by atomic mass is 9.90. The first kappa shape index (κ1) is 11.5. The molecular formula is C11H22N2O. The summed E-state index contributed by atoms with van der Waals surface area (Å²) in [6.07, 6.45) is 2.38. The fraction of sp³-hybridized carbons (Fsp3) is 0.909. The third-order valence-corrected chi connectivity index (χ3v) is 3.03. The molecule has 1 saturated heterocycles. The molecule has 0 aromatic rings. The molecule has 1 heterocycles. The van der Waals surface area contributed by atoms with Crippen molar-refractivity contribution in [2.45, 2.75) is 33.6 Å². The normalized spacial score (nSPS) is 23.7. The maximum Gasteiger partial charge on any atom is 0.229 e. The number of piperidine rings is 1. The Morgan fingerprint density at radius 3 is 2.71 bits per heavy atom. The summed E-state index contributed by atoms with van der Waals surface area (Å²) in [6.45, 7) is 8.30. The molecular weight excluding hydrogens is 176 g/mol. The first-order chi connectivity index (χ1) is 6.47. The minimum Gasteiger partial charge on any atom is -0.342 e. The Morgan fingerprint density at radius 2 is 2.21 bits per heavy atom. The van der Waals surface area contributed by atoms with Crippen LogP contribution in [0.5, 0.6) is 0 Å². The molecule has 1 aliphatic rings. The largest absolute Gasteiger partial charge is 0.342 e. The molecule has 0 bridgehead atoms. The van der Waals surface area contributed by atoms with Gasteiger partial charge in [-0.1, -0.05) is 6.92 Å². The number of likely N-dealkylation sites (tertiary alicyclic amines) is 1. The molecule has 1 rings (SSSR count). The first-order valence-electron chi connectivity index (χ1n) is 5.47. The molecule has 0 aromatic heterocycles. The van der Waals surface area contributed by atoms with E-state index < -0.39 is 5.41 Å². The van der Waals surface area contributed by atoms with Gasteiger partial charge in [-0.15, -0.1) is 0 Å². The van der Waals surface area contributed by atoms with Crippen molar-refractivity contribution in [1.82, 2.24) is 4.90 Å². The lowest BCUT2D eigenvalue weighted by Crippen LogP contribution is -2.48. The van der Waals surface area contributed by atoms with E-state index in [1.807, 2.05) is 18.7 Å². The number of nitrogens with zero attached hydrogens (tertiary/aromatic N) is 1. The van der Waals surface area contributed by atoms with E-state index in [0.717, 1.165) is 19.5 Å². The van der Waals surface area contributed by atoms with Crippen LogP contribution in [-0.2, 0) is 4.79 Å². The summed E-state index contributed by atoms with van der Waals surface area (Å²) >= 11 is 0. The van der Waals surface area contributed by atoms with E-state index in [4.69, 9.17) is 5.73 Å². The van der Waals surface area contributed by atoms with E-state index in [0.29, 0.717) is 12.5 Å². The van der Waals surface area contributed by atoms with Gasteiger partial charge < -0.3 is 10.6 Å². The van der Waals surface area contributed by atoms with Gasteiger partial charge in [0.25, 0.3) is 0 Å². The zero-order valence-electron chi connectivity index (χ0n) is 9.55. The monoisotopic (exact) mass is 198 g/mol. The maximum absolute atomic E-state index is 12.0. The minimum absolute atomic E-state index is 0.214. The standard InChI is InChI=1S/C11H22N2O/c1-9-5-4-6-13(7-9)10(14)11(2,3)8-12/h9H,4-8,12H2,1-3H3. The van der Waals surface area contributed by atoms with Crippen LogP contribution < -0.4 is 5.73 Å². The van der Waals surface area contributed by atoms with Gasteiger partial charge in [0.1, 0.15) is 0 Å². The summed E-state index contributed by atoms with van der Waals surface area (Å²) in [7, 11) is 0. The number of nitrogens with two attached hydrogens (primary N) is 1. The van der Waals surface area contributed by atoms with Gasteiger partial charge >= 0.3 is 0 Å². The van der Waals surface area contributed by atoms with Gasteiger partial charge in [0.15, 0.2) is 0 Å². The predicted molar refractivity (Wildman–Crippen MR) is 57.8 cm³/mol. The average Bonchev–Trinajstić information content (AvgIpc) is 2.16. The highest BCUT2D eigenvalue weighted by Crippen LogP contribution is 2.22. The van der Waals surface area contributed by atoms with Crippen LogP contribution in [0.15, 0.2) is 0 Å². The first-order valence-corrected chi connectivity index (χ1v) is 5.47. The summed E-state index contributed by atoms with van der Waals surface area (Å²) in [5.74, 6) is 0.854. The van der Waals surface area contributed by atoms with Gasteiger partial charge in [0, 0.05) is 19.6 Å². The molecule has 1 atom stereocenters. The highest BCUT2D eigenvalue weighted by molar-refractivity contribution is 5.82. The summed E-state index contributed by atoms with van der Waals surface area (Å²) in [4.78, 5) is 14.0. The number of hydrogen-bond acceptors (Lipinski definition) is 2. The Hall–Kier alpha value is -0.570. The van der Waals surface area contributed by atoms with Crippen molar-refractivity contribution in [1.29, 1.82) is 0 Å². The minimum atomic E-state index is -0.392. The second-order valence-corrected chi connectivity index (χ2v) is 5.09. The highest BCUT2D eigenvalue weighted by atomic mass is 16.2. The molecule has 14 heavy (non-hydrogen) atoms. The van der Waals surface area contributed by atoms with Crippen molar-refractivity contribution in [3.63, 3.8) is 0 Å². The Balaban J connectivity index is 2.60. The van der Waals surface area contributed by atoms with Crippen molar-refractivity contribution in [2.75, 3.05) is 19.6 Å². The van der Waals surface area contributed by atoms with Gasteiger partial charge in [0.2, 0.25) is 5.91 Å². The van der Waals surface area contributed by atoms with Crippen LogP contribution in [0.1, 0.15) is 33.6 Å². The molecule has 3 heteroatoms. The molecule has 1 unspecified atom stereocenters. The van der Waals surface area contributed by atoms with Crippen LogP contribution in [0.3, 0.4) is 0 Å². The van der Waals surface area contributed by atoms with E-state index in [2.05, 4.69) is 6.92 Å². The summed E-state index contributed by atoms with van der Waals surface area (Å²) < 4.78 is 0. The molecule has 0 radical (unpaired) electrons. The van der Waals surface area contributed by atoms with E-state index in [1.54, 1.807) is 0 Å². The van der Waals surface area contributed by atoms with Crippen molar-refractivity contribution in [2.24, 2.45) is 17.1 Å². The van der Waals surface area contributed by atoms with Gasteiger partial charge in [-0.25, -0.2) is 0 Å². The summed E-state index contributed by atoms with van der Waals surface area (Å²) in [6, 6.07) is 0. The third-order valence-electron chi connectivity index (χ3n) is 3.03. The van der Waals surface area contributed by atoms with Crippen molar-refractivity contribution in [3.05, 3.63) is 0 Å². The molecule has 1 fully saturated rings. The number of carbonyl (C=O) groups excluding carboxylic acids is 1. The Kier molecular flexibility index (Phi) is 3.53. The van der Waals surface area contributed by atoms with Crippen LogP contribution >= 0.6 is 0 Å². The van der Waals surface area contributed by atoms with Crippen molar-refractivity contribution in [3.8, 4) is 0 Å². The zero-order valence-corrected chi connectivity index (χ0v) is 9.55. The van der Waals surface area contributed by atoms with E-state index in [1.165, 1.54) is 6.42 Å². The maximum atomic E-state index is 12.0. The van der Waals surface area contributed by atoms with Gasteiger partial charge in [0.05, 0.1) is 5.41 Å². The van der Waals surface area contributed by atoms with E-state index in [9.17, 15) is 4.79 Å². The van der Waals surface area contributed by atoms with Gasteiger partial charge in [-0.3, -0.25) is 4.79 Å². The van der Waals surface area contributed by atoms with Gasteiger partial charge in [-0.2, -0.15) is 0 Å². The lowest BCUT2D eigenvalue weighted by molar-refractivity contribution is -0.141. The van der Waals surface area contributed by atoms with E-state index in [-0.39, 0.29) is 5.91 Å². The predicted octanol–water partition coefficient (Wildman–Crippen LogP) is 1.23. The molecule has 0 spiro atoms. The molecule has 0 aromatic carbocycles. The van der Waals surface area contributed by atoms with Crippen molar-refractivity contribution >= 4 is 5.91 Å². The van der Waals surface area contributed by atoms with Crippen LogP contribution in [-0.4, -0.2) is 30.4 Å². The zero-order chi connectivity index (χ0) is 10.8. The van der Waals surface area contributed by atoms with Crippen LogP contribution in [0.2, 0.25) is 0 Å². The molecule has 3 nitrogen and oxygen atoms in total. The van der Waals surface area contributed by atoms with Crippen LogP contribution in [0.25, 0.3) is 0 Å². The van der Waals surface area contributed by atoms with Gasteiger partial charge in [-0.05, 0) is 32.6 Å². The Morgan fingerprint density at radius 1 is 1.57 bits per heavy atom. The molecule has 82 valence electrons. The lowest BCUT2D eigenvalue weighted by Gasteiger charge is -2.36. The second kappa shape index (κ2) is 4.30. The SMILES string of the molecule is CC1CCCN(C(=O)C(C)(C)CN)C1. The molecule has 0 aliphatic carbocycles. The Labute approximate surface area is 86.6 Å². The van der Waals surface area contributed by atoms with Crippen LogP contribution in [0.4, 0.5) is 0 Å². The average molecular weight is 198 g/mol. The number of hydrogen-bond donors (Lipinski definition) is 1. The summed E-state index contributed by atoms with van der Waals surface area (Å²) in [5.41, 5.74) is 5.21. The Bertz CT molecular complexity index is 213. The highest BCUT2D eigenvalue weighted by Gasteiger charge is 2.32. The molecule has 0 saturated carbocycles. The second-order valence-electron chi connectivity index (χ2n) is 5.09. The fourth-order valence-electron chi connectivity index (χ4n) is 1.89. The van der Waals surface area contributed by atoms with E-state index >= 15 is 0 Å². The molecule has 1 amide bonds. The number of amides is 1. The quantitative estimate of drug-likeness (QED) is 0.725. The topological polar surface area (TPSA) is 46.3 Å². The molecule has 2 N–H and O–H groups in total. The smallest absolute Gasteiger partial charge is 0.229 e. The summed E-state index contributed by atoms with van der Waals surface area (Å²) in [5, 5.41) is 0. The molecule has 1 aliphatic heterocycles. The number of carbonyl (C=O) groups is 1. The third kappa shape index (κ3) is 2.47. The van der Waals surface area contributed by atoms with Crippen LogP contribution in [0, 0.1) is 11.3 Å². The van der Waals surface area contributed by atoms with Crippen molar-refractivity contribution < 1.29 is 4.79 Å². The fourth-order valence-corrected chi connectivity index (χ4v) is 1.89.